The molecule has 5 rings (SSSR count). The van der Waals surface area contributed by atoms with Gasteiger partial charge in [-0.1, -0.05) is 30.3 Å². The minimum Gasteiger partial charge on any atom is -0.366 e. The fourth-order valence-corrected chi connectivity index (χ4v) is 4.70. The van der Waals surface area contributed by atoms with Crippen molar-refractivity contribution in [1.29, 1.82) is 0 Å². The van der Waals surface area contributed by atoms with E-state index in [0.29, 0.717) is 17.9 Å². The molecule has 1 N–H and O–H groups in total. The van der Waals surface area contributed by atoms with Gasteiger partial charge in [-0.15, -0.1) is 0 Å². The average Bonchev–Trinajstić information content (AvgIpc) is 3.47. The van der Waals surface area contributed by atoms with Gasteiger partial charge < -0.3 is 10.2 Å². The van der Waals surface area contributed by atoms with E-state index in [1.807, 2.05) is 0 Å². The average molecular weight is 404 g/mol. The molecule has 0 fully saturated rings. The highest BCUT2D eigenvalue weighted by molar-refractivity contribution is 5.94. The molecule has 2 heterocycles. The maximum Gasteiger partial charge on any atom is 0.272 e. The largest absolute Gasteiger partial charge is 0.366 e. The Hall–Kier alpha value is -3.15. The summed E-state index contributed by atoms with van der Waals surface area (Å²) >= 11 is 0. The third-order valence-electron chi connectivity index (χ3n) is 6.24. The van der Waals surface area contributed by atoms with Crippen molar-refractivity contribution < 1.29 is 9.18 Å². The summed E-state index contributed by atoms with van der Waals surface area (Å²) in [6.45, 7) is 3.63. The van der Waals surface area contributed by atoms with E-state index in [2.05, 4.69) is 46.5 Å². The number of hydrogen-bond donors (Lipinski definition) is 1. The van der Waals surface area contributed by atoms with Gasteiger partial charge in [0, 0.05) is 36.1 Å². The zero-order valence-corrected chi connectivity index (χ0v) is 17.1. The third kappa shape index (κ3) is 3.16. The van der Waals surface area contributed by atoms with Crippen molar-refractivity contribution in [2.24, 2.45) is 0 Å². The Balaban J connectivity index is 1.34. The fourth-order valence-electron chi connectivity index (χ4n) is 4.70. The summed E-state index contributed by atoms with van der Waals surface area (Å²) in [6.07, 6.45) is 3.62. The van der Waals surface area contributed by atoms with Gasteiger partial charge in [-0.3, -0.25) is 4.79 Å². The van der Waals surface area contributed by atoms with Crippen LogP contribution in [0.4, 0.5) is 10.1 Å². The van der Waals surface area contributed by atoms with Crippen LogP contribution in [-0.2, 0) is 19.3 Å². The second-order valence-corrected chi connectivity index (χ2v) is 8.12. The molecule has 1 unspecified atom stereocenters. The number of nitrogens with zero attached hydrogens (tertiary/aromatic N) is 3. The Bertz CT molecular complexity index is 1110. The SMILES string of the molecule is CC(CNC(=O)c1nn(-c2ccccc2F)c2c1CCC2)N1CCc2ccccc21. The number of halogens is 1. The first kappa shape index (κ1) is 18.9. The molecule has 1 amide bonds. The van der Waals surface area contributed by atoms with E-state index < -0.39 is 0 Å². The Kier molecular flexibility index (Phi) is 4.77. The highest BCUT2D eigenvalue weighted by Crippen LogP contribution is 2.30. The second-order valence-electron chi connectivity index (χ2n) is 8.12. The van der Waals surface area contributed by atoms with Gasteiger partial charge in [0.15, 0.2) is 5.69 Å². The molecule has 3 aromatic rings. The minimum atomic E-state index is -0.331. The van der Waals surface area contributed by atoms with Crippen molar-refractivity contribution in [2.45, 2.75) is 38.6 Å². The van der Waals surface area contributed by atoms with Gasteiger partial charge in [0.2, 0.25) is 0 Å². The van der Waals surface area contributed by atoms with E-state index in [1.165, 1.54) is 17.3 Å². The summed E-state index contributed by atoms with van der Waals surface area (Å²) in [5.74, 6) is -0.509. The summed E-state index contributed by atoms with van der Waals surface area (Å²) in [6, 6.07) is 15.2. The van der Waals surface area contributed by atoms with Crippen molar-refractivity contribution >= 4 is 11.6 Å². The summed E-state index contributed by atoms with van der Waals surface area (Å²) in [5.41, 5.74) is 5.35. The first-order valence-corrected chi connectivity index (χ1v) is 10.6. The number of carbonyl (C=O) groups is 1. The number of aromatic nitrogens is 2. The molecular weight excluding hydrogens is 379 g/mol. The molecule has 0 saturated carbocycles. The first-order valence-electron chi connectivity index (χ1n) is 10.6. The molecule has 2 aliphatic rings. The monoisotopic (exact) mass is 404 g/mol. The molecule has 154 valence electrons. The highest BCUT2D eigenvalue weighted by Gasteiger charge is 2.29. The summed E-state index contributed by atoms with van der Waals surface area (Å²) in [7, 11) is 0. The molecule has 5 nitrogen and oxygen atoms in total. The third-order valence-corrected chi connectivity index (χ3v) is 6.24. The standard InChI is InChI=1S/C24H25FN4O/c1-16(28-14-13-17-7-2-4-10-20(17)28)15-26-24(30)23-18-8-6-12-21(18)29(27-23)22-11-5-3-9-19(22)25/h2-5,7,9-11,16H,6,8,12-15H2,1H3,(H,26,30). The smallest absolute Gasteiger partial charge is 0.272 e. The van der Waals surface area contributed by atoms with Crippen molar-refractivity contribution in [2.75, 3.05) is 18.0 Å². The lowest BCUT2D eigenvalue weighted by Crippen LogP contribution is -2.41. The highest BCUT2D eigenvalue weighted by atomic mass is 19.1. The van der Waals surface area contributed by atoms with E-state index in [-0.39, 0.29) is 17.8 Å². The Morgan fingerprint density at radius 1 is 1.10 bits per heavy atom. The van der Waals surface area contributed by atoms with Crippen LogP contribution in [0.5, 0.6) is 0 Å². The molecule has 1 aromatic heterocycles. The minimum absolute atomic E-state index is 0.178. The summed E-state index contributed by atoms with van der Waals surface area (Å²) in [5, 5.41) is 7.59. The molecule has 30 heavy (non-hydrogen) atoms. The lowest BCUT2D eigenvalue weighted by molar-refractivity contribution is 0.0945. The number of para-hydroxylation sites is 2. The van der Waals surface area contributed by atoms with Crippen LogP contribution in [0.1, 0.15) is 40.7 Å². The van der Waals surface area contributed by atoms with Gasteiger partial charge in [-0.2, -0.15) is 5.10 Å². The van der Waals surface area contributed by atoms with E-state index in [1.54, 1.807) is 22.9 Å². The fraction of sp³-hybridized carbons (Fsp3) is 0.333. The van der Waals surface area contributed by atoms with Crippen molar-refractivity contribution in [3.05, 3.63) is 76.9 Å². The molecule has 0 saturated heterocycles. The maximum atomic E-state index is 14.3. The van der Waals surface area contributed by atoms with E-state index in [0.717, 1.165) is 43.5 Å². The van der Waals surface area contributed by atoms with Gasteiger partial charge in [-0.25, -0.2) is 9.07 Å². The number of anilines is 1. The van der Waals surface area contributed by atoms with Gasteiger partial charge in [-0.05, 0) is 56.4 Å². The molecule has 6 heteroatoms. The maximum absolute atomic E-state index is 14.3. The predicted molar refractivity (Wildman–Crippen MR) is 115 cm³/mol. The predicted octanol–water partition coefficient (Wildman–Crippen LogP) is 3.68. The first-order chi connectivity index (χ1) is 14.6. The molecule has 1 aliphatic carbocycles. The number of rotatable bonds is 5. The van der Waals surface area contributed by atoms with Gasteiger partial charge in [0.25, 0.3) is 5.91 Å². The van der Waals surface area contributed by atoms with Crippen molar-refractivity contribution in [3.8, 4) is 5.69 Å². The van der Waals surface area contributed by atoms with Gasteiger partial charge in [0.05, 0.1) is 0 Å². The number of benzene rings is 2. The lowest BCUT2D eigenvalue weighted by atomic mass is 10.1. The number of hydrogen-bond acceptors (Lipinski definition) is 3. The van der Waals surface area contributed by atoms with Crippen molar-refractivity contribution in [3.63, 3.8) is 0 Å². The van der Waals surface area contributed by atoms with Gasteiger partial charge >= 0.3 is 0 Å². The number of carbonyl (C=O) groups excluding carboxylic acids is 1. The van der Waals surface area contributed by atoms with Crippen LogP contribution in [0.25, 0.3) is 5.69 Å². The van der Waals surface area contributed by atoms with Crippen LogP contribution in [-0.4, -0.2) is 34.8 Å². The zero-order chi connectivity index (χ0) is 20.7. The Morgan fingerprint density at radius 3 is 2.70 bits per heavy atom. The molecule has 0 spiro atoms. The van der Waals surface area contributed by atoms with Crippen LogP contribution in [0.3, 0.4) is 0 Å². The van der Waals surface area contributed by atoms with E-state index >= 15 is 0 Å². The molecule has 1 atom stereocenters. The topological polar surface area (TPSA) is 50.2 Å². The van der Waals surface area contributed by atoms with Crippen molar-refractivity contribution in [1.82, 2.24) is 15.1 Å². The Labute approximate surface area is 175 Å². The quantitative estimate of drug-likeness (QED) is 0.706. The number of nitrogens with one attached hydrogen (secondary N) is 1. The van der Waals surface area contributed by atoms with Crippen LogP contribution in [0.2, 0.25) is 0 Å². The van der Waals surface area contributed by atoms with Crippen LogP contribution in [0.15, 0.2) is 48.5 Å². The lowest BCUT2D eigenvalue weighted by Gasteiger charge is -2.27. The number of amides is 1. The van der Waals surface area contributed by atoms with Crippen LogP contribution < -0.4 is 10.2 Å². The number of fused-ring (bicyclic) bond motifs is 2. The normalized spacial score (nSPS) is 15.7. The van der Waals surface area contributed by atoms with E-state index in [4.69, 9.17) is 0 Å². The summed E-state index contributed by atoms with van der Waals surface area (Å²) in [4.78, 5) is 15.3. The van der Waals surface area contributed by atoms with Crippen LogP contribution in [0, 0.1) is 5.82 Å². The molecule has 0 bridgehead atoms. The molecular formula is C24H25FN4O. The Morgan fingerprint density at radius 2 is 1.87 bits per heavy atom. The second kappa shape index (κ2) is 7.59. The zero-order valence-electron chi connectivity index (χ0n) is 17.1. The molecule has 0 radical (unpaired) electrons. The van der Waals surface area contributed by atoms with E-state index in [9.17, 15) is 9.18 Å². The molecule has 2 aromatic carbocycles. The molecule has 1 aliphatic heterocycles. The summed E-state index contributed by atoms with van der Waals surface area (Å²) < 4.78 is 16.0. The van der Waals surface area contributed by atoms with Crippen LogP contribution >= 0.6 is 0 Å². The van der Waals surface area contributed by atoms with Gasteiger partial charge in [0.1, 0.15) is 11.5 Å².